The minimum atomic E-state index is -4.69. The fraction of sp³-hybridized carbons (Fsp3) is 0.259. The average Bonchev–Trinajstić information content (AvgIpc) is 3.25. The van der Waals surface area contributed by atoms with E-state index in [0.717, 1.165) is 17.9 Å². The molecule has 2 heterocycles. The van der Waals surface area contributed by atoms with Crippen LogP contribution >= 0.6 is 0 Å². The number of amides is 1. The summed E-state index contributed by atoms with van der Waals surface area (Å²) >= 11 is 0. The molecule has 1 amide bonds. The van der Waals surface area contributed by atoms with Crippen LogP contribution in [0.2, 0.25) is 0 Å². The molecule has 0 saturated carbocycles. The Bertz CT molecular complexity index is 1810. The lowest BCUT2D eigenvalue weighted by Gasteiger charge is -2.22. The first-order valence-corrected chi connectivity index (χ1v) is 15.3. The predicted octanol–water partition coefficient (Wildman–Crippen LogP) is 5.13. The summed E-state index contributed by atoms with van der Waals surface area (Å²) in [4.78, 5) is 18.8. The van der Waals surface area contributed by atoms with Crippen LogP contribution in [0.15, 0.2) is 71.6 Å². The van der Waals surface area contributed by atoms with Gasteiger partial charge in [0.15, 0.2) is 9.84 Å². The summed E-state index contributed by atoms with van der Waals surface area (Å²) in [5, 5.41) is -1.42. The van der Waals surface area contributed by atoms with Crippen LogP contribution in [0.1, 0.15) is 58.9 Å². The highest BCUT2D eigenvalue weighted by atomic mass is 32.2. The Morgan fingerprint density at radius 2 is 1.57 bits per heavy atom. The molecule has 212 valence electrons. The quantitative estimate of drug-likeness (QED) is 0.319. The van der Waals surface area contributed by atoms with E-state index in [2.05, 4.69) is 9.97 Å². The highest BCUT2D eigenvalue weighted by Gasteiger charge is 2.35. The molecule has 2 aromatic heterocycles. The molecule has 1 unspecified atom stereocenters. The number of sulfone groups is 1. The van der Waals surface area contributed by atoms with E-state index in [4.69, 9.17) is 0 Å². The van der Waals surface area contributed by atoms with Gasteiger partial charge in [-0.25, -0.2) is 26.5 Å². The van der Waals surface area contributed by atoms with Crippen LogP contribution in [0.5, 0.6) is 0 Å². The Labute approximate surface area is 229 Å². The molecule has 4 rings (SSSR count). The first-order chi connectivity index (χ1) is 18.4. The standard InChI is InChI=1S/C27H26F3N3O5S2/c1-26(2,3)18-6-5-7-19(14-18)40(37,38)24(16-8-10-17(11-9-16)25(34)33-39(4,35)36)22-15-21-20(31-22)12-13-23(32-21)27(28,29)30/h5-15,24,31H,1-4H3,(H,33,34). The number of halogens is 3. The van der Waals surface area contributed by atoms with Crippen LogP contribution in [0, 0.1) is 0 Å². The maximum Gasteiger partial charge on any atom is 0.433 e. The summed E-state index contributed by atoms with van der Waals surface area (Å²) in [6, 6.07) is 14.9. The third kappa shape index (κ3) is 6.20. The van der Waals surface area contributed by atoms with Gasteiger partial charge in [-0.3, -0.25) is 4.79 Å². The zero-order valence-corrected chi connectivity index (χ0v) is 23.5. The van der Waals surface area contributed by atoms with Crippen molar-refractivity contribution in [1.82, 2.24) is 14.7 Å². The Hall–Kier alpha value is -3.71. The van der Waals surface area contributed by atoms with Gasteiger partial charge in [-0.1, -0.05) is 45.0 Å². The van der Waals surface area contributed by atoms with E-state index in [0.29, 0.717) is 0 Å². The second-order valence-corrected chi connectivity index (χ2v) is 14.2. The maximum atomic E-state index is 14.1. The van der Waals surface area contributed by atoms with Gasteiger partial charge in [0.1, 0.15) is 10.9 Å². The van der Waals surface area contributed by atoms with Gasteiger partial charge in [-0.05, 0) is 59.0 Å². The van der Waals surface area contributed by atoms with E-state index in [1.54, 1.807) is 18.2 Å². The lowest BCUT2D eigenvalue weighted by atomic mass is 9.87. The number of nitrogens with zero attached hydrogens (tertiary/aromatic N) is 1. The monoisotopic (exact) mass is 593 g/mol. The van der Waals surface area contributed by atoms with Crippen LogP contribution in [-0.4, -0.2) is 39.0 Å². The second-order valence-electron chi connectivity index (χ2n) is 10.4. The van der Waals surface area contributed by atoms with Crippen molar-refractivity contribution in [3.8, 4) is 0 Å². The normalized spacial score (nSPS) is 13.8. The number of H-pyrrole nitrogens is 1. The Kier molecular flexibility index (Phi) is 7.35. The van der Waals surface area contributed by atoms with Crippen molar-refractivity contribution in [2.24, 2.45) is 0 Å². The predicted molar refractivity (Wildman–Crippen MR) is 144 cm³/mol. The number of sulfonamides is 1. The summed E-state index contributed by atoms with van der Waals surface area (Å²) in [6.07, 6.45) is -3.87. The number of aromatic nitrogens is 2. The second kappa shape index (κ2) is 10.0. The van der Waals surface area contributed by atoms with Crippen LogP contribution < -0.4 is 4.72 Å². The molecule has 13 heteroatoms. The van der Waals surface area contributed by atoms with Gasteiger partial charge >= 0.3 is 6.18 Å². The molecule has 0 saturated heterocycles. The van der Waals surface area contributed by atoms with Crippen LogP contribution in [0.3, 0.4) is 0 Å². The molecule has 0 radical (unpaired) electrons. The minimum absolute atomic E-state index is 0.00795. The number of benzene rings is 2. The summed E-state index contributed by atoms with van der Waals surface area (Å²) < 4.78 is 92.8. The van der Waals surface area contributed by atoms with Crippen LogP contribution in [0.4, 0.5) is 13.2 Å². The fourth-order valence-corrected chi connectivity index (χ4v) is 6.43. The number of hydrogen-bond donors (Lipinski definition) is 2. The van der Waals surface area contributed by atoms with E-state index in [-0.39, 0.29) is 38.2 Å². The zero-order chi connectivity index (χ0) is 29.7. The van der Waals surface area contributed by atoms with Gasteiger partial charge in [0.05, 0.1) is 22.2 Å². The highest BCUT2D eigenvalue weighted by molar-refractivity contribution is 7.92. The van der Waals surface area contributed by atoms with Crippen molar-refractivity contribution < 1.29 is 34.8 Å². The maximum absolute atomic E-state index is 14.1. The third-order valence-corrected chi connectivity index (χ3v) is 8.78. The van der Waals surface area contributed by atoms with Crippen molar-refractivity contribution in [3.05, 3.63) is 94.8 Å². The molecular formula is C27H26F3N3O5S2. The van der Waals surface area contributed by atoms with Crippen molar-refractivity contribution >= 4 is 36.8 Å². The number of alkyl halides is 3. The molecule has 0 fully saturated rings. The molecule has 0 aliphatic heterocycles. The number of carbonyl (C=O) groups is 1. The summed E-state index contributed by atoms with van der Waals surface area (Å²) in [6.45, 7) is 5.79. The number of aromatic amines is 1. The van der Waals surface area contributed by atoms with Gasteiger partial charge in [0.2, 0.25) is 10.0 Å². The number of nitrogens with one attached hydrogen (secondary N) is 2. The molecule has 4 aromatic rings. The van der Waals surface area contributed by atoms with Crippen molar-refractivity contribution in [3.63, 3.8) is 0 Å². The summed E-state index contributed by atoms with van der Waals surface area (Å²) in [5.41, 5.74) is -0.371. The Morgan fingerprint density at radius 1 is 0.925 bits per heavy atom. The minimum Gasteiger partial charge on any atom is -0.356 e. The molecule has 0 aliphatic rings. The zero-order valence-electron chi connectivity index (χ0n) is 21.9. The number of rotatable bonds is 6. The van der Waals surface area contributed by atoms with Crippen LogP contribution in [0.25, 0.3) is 11.0 Å². The van der Waals surface area contributed by atoms with Crippen molar-refractivity contribution in [1.29, 1.82) is 0 Å². The molecule has 2 aromatic carbocycles. The lowest BCUT2D eigenvalue weighted by Crippen LogP contribution is -2.29. The largest absolute Gasteiger partial charge is 0.433 e. The van der Waals surface area contributed by atoms with E-state index < -0.39 is 42.9 Å². The van der Waals surface area contributed by atoms with E-state index in [9.17, 15) is 34.8 Å². The summed E-state index contributed by atoms with van der Waals surface area (Å²) in [7, 11) is -8.05. The van der Waals surface area contributed by atoms with E-state index in [1.165, 1.54) is 42.5 Å². The number of pyridine rings is 1. The van der Waals surface area contributed by atoms with Crippen LogP contribution in [-0.2, 0) is 31.5 Å². The first kappa shape index (κ1) is 29.3. The van der Waals surface area contributed by atoms with E-state index >= 15 is 0 Å². The Balaban J connectivity index is 1.88. The average molecular weight is 594 g/mol. The van der Waals surface area contributed by atoms with Crippen molar-refractivity contribution in [2.75, 3.05) is 6.26 Å². The molecule has 8 nitrogen and oxygen atoms in total. The molecule has 1 atom stereocenters. The molecule has 40 heavy (non-hydrogen) atoms. The smallest absolute Gasteiger partial charge is 0.356 e. The third-order valence-electron chi connectivity index (χ3n) is 6.16. The van der Waals surface area contributed by atoms with Gasteiger partial charge in [0.25, 0.3) is 5.91 Å². The molecular weight excluding hydrogens is 567 g/mol. The fourth-order valence-electron chi connectivity index (χ4n) is 4.17. The summed E-state index contributed by atoms with van der Waals surface area (Å²) in [5.74, 6) is -0.902. The SMILES string of the molecule is CC(C)(C)c1cccc(S(=O)(=O)C(c2ccc(C(=O)NS(C)(=O)=O)cc2)c2cc3nc(C(F)(F)F)ccc3[nH]2)c1. The van der Waals surface area contributed by atoms with Gasteiger partial charge in [0, 0.05) is 11.3 Å². The van der Waals surface area contributed by atoms with Gasteiger partial charge in [-0.2, -0.15) is 13.2 Å². The van der Waals surface area contributed by atoms with Gasteiger partial charge < -0.3 is 4.98 Å². The van der Waals surface area contributed by atoms with E-state index in [1.807, 2.05) is 25.5 Å². The Morgan fingerprint density at radius 3 is 2.15 bits per heavy atom. The van der Waals surface area contributed by atoms with Gasteiger partial charge in [-0.15, -0.1) is 0 Å². The molecule has 0 aliphatic carbocycles. The highest BCUT2D eigenvalue weighted by Crippen LogP contribution is 2.38. The number of carbonyl (C=O) groups excluding carboxylic acids is 1. The number of hydrogen-bond acceptors (Lipinski definition) is 6. The number of fused-ring (bicyclic) bond motifs is 1. The lowest BCUT2D eigenvalue weighted by molar-refractivity contribution is -0.140. The topological polar surface area (TPSA) is 126 Å². The van der Waals surface area contributed by atoms with Crippen molar-refractivity contribution in [2.45, 2.75) is 42.5 Å². The first-order valence-electron chi connectivity index (χ1n) is 11.9. The molecule has 0 bridgehead atoms. The molecule has 0 spiro atoms. The molecule has 2 N–H and O–H groups in total.